The molecule has 0 fully saturated rings. The maximum atomic E-state index is 12.5. The SMILES string of the molecule is Cc1ccc(S(=O)(=O)N(C)[C@@H](C)CCc2ccco2)cc1. The molecule has 2 aromatic rings. The summed E-state index contributed by atoms with van der Waals surface area (Å²) in [6.45, 7) is 3.85. The highest BCUT2D eigenvalue weighted by atomic mass is 32.2. The van der Waals surface area contributed by atoms with E-state index in [-0.39, 0.29) is 6.04 Å². The Hall–Kier alpha value is -1.59. The van der Waals surface area contributed by atoms with Crippen LogP contribution in [0.1, 0.15) is 24.7 Å². The molecule has 0 bridgehead atoms. The normalized spacial score (nSPS) is 13.5. The third kappa shape index (κ3) is 3.74. The monoisotopic (exact) mass is 307 g/mol. The molecule has 5 heteroatoms. The number of aryl methyl sites for hydroxylation is 2. The fraction of sp³-hybridized carbons (Fsp3) is 0.375. The minimum Gasteiger partial charge on any atom is -0.469 e. The van der Waals surface area contributed by atoms with Crippen LogP contribution in [0, 0.1) is 6.92 Å². The Morgan fingerprint density at radius 1 is 1.19 bits per heavy atom. The van der Waals surface area contributed by atoms with Crippen molar-refractivity contribution in [2.75, 3.05) is 7.05 Å². The van der Waals surface area contributed by atoms with Crippen molar-refractivity contribution in [1.82, 2.24) is 4.31 Å². The van der Waals surface area contributed by atoms with Crippen molar-refractivity contribution in [3.8, 4) is 0 Å². The minimum absolute atomic E-state index is 0.0959. The maximum Gasteiger partial charge on any atom is 0.243 e. The molecule has 0 N–H and O–H groups in total. The van der Waals surface area contributed by atoms with Gasteiger partial charge in [0.25, 0.3) is 0 Å². The summed E-state index contributed by atoms with van der Waals surface area (Å²) in [6, 6.07) is 10.6. The first kappa shape index (κ1) is 15.8. The van der Waals surface area contributed by atoms with Crippen LogP contribution in [0.3, 0.4) is 0 Å². The Morgan fingerprint density at radius 2 is 1.86 bits per heavy atom. The van der Waals surface area contributed by atoms with E-state index in [1.54, 1.807) is 25.4 Å². The molecule has 1 aromatic carbocycles. The zero-order valence-corrected chi connectivity index (χ0v) is 13.4. The predicted molar refractivity (Wildman–Crippen MR) is 82.6 cm³/mol. The van der Waals surface area contributed by atoms with Crippen molar-refractivity contribution in [1.29, 1.82) is 0 Å². The van der Waals surface area contributed by atoms with E-state index in [4.69, 9.17) is 4.42 Å². The first-order valence-corrected chi connectivity index (χ1v) is 8.42. The lowest BCUT2D eigenvalue weighted by atomic mass is 10.1. The highest BCUT2D eigenvalue weighted by molar-refractivity contribution is 7.89. The molecule has 1 aromatic heterocycles. The molecule has 0 saturated heterocycles. The lowest BCUT2D eigenvalue weighted by Crippen LogP contribution is -2.35. The second-order valence-corrected chi connectivity index (χ2v) is 7.30. The lowest BCUT2D eigenvalue weighted by Gasteiger charge is -2.24. The zero-order chi connectivity index (χ0) is 15.5. The quantitative estimate of drug-likeness (QED) is 0.823. The molecule has 0 aliphatic rings. The van der Waals surface area contributed by atoms with Crippen molar-refractivity contribution >= 4 is 10.0 Å². The lowest BCUT2D eigenvalue weighted by molar-refractivity contribution is 0.361. The Balaban J connectivity index is 2.06. The van der Waals surface area contributed by atoms with E-state index in [1.165, 1.54) is 4.31 Å². The molecular formula is C16H21NO3S. The first-order valence-electron chi connectivity index (χ1n) is 6.98. The summed E-state index contributed by atoms with van der Waals surface area (Å²) in [5.41, 5.74) is 1.04. The highest BCUT2D eigenvalue weighted by Gasteiger charge is 2.25. The van der Waals surface area contributed by atoms with E-state index >= 15 is 0 Å². The van der Waals surface area contributed by atoms with Gasteiger partial charge in [-0.2, -0.15) is 4.31 Å². The van der Waals surface area contributed by atoms with Gasteiger partial charge in [0.05, 0.1) is 11.2 Å². The van der Waals surface area contributed by atoms with Gasteiger partial charge in [-0.25, -0.2) is 8.42 Å². The van der Waals surface area contributed by atoms with Crippen molar-refractivity contribution in [3.63, 3.8) is 0 Å². The zero-order valence-electron chi connectivity index (χ0n) is 12.6. The van der Waals surface area contributed by atoms with Crippen LogP contribution in [-0.2, 0) is 16.4 Å². The molecule has 0 radical (unpaired) electrons. The Kier molecular flexibility index (Phi) is 4.85. The summed E-state index contributed by atoms with van der Waals surface area (Å²) in [5.74, 6) is 0.878. The van der Waals surface area contributed by atoms with Gasteiger partial charge in [0.1, 0.15) is 5.76 Å². The summed E-state index contributed by atoms with van der Waals surface area (Å²) < 4.78 is 31.8. The van der Waals surface area contributed by atoms with Gasteiger partial charge in [0, 0.05) is 19.5 Å². The maximum absolute atomic E-state index is 12.5. The Morgan fingerprint density at radius 3 is 2.43 bits per heavy atom. The summed E-state index contributed by atoms with van der Waals surface area (Å²) in [7, 11) is -1.82. The van der Waals surface area contributed by atoms with E-state index in [1.807, 2.05) is 38.1 Å². The number of hydrogen-bond acceptors (Lipinski definition) is 3. The van der Waals surface area contributed by atoms with E-state index in [0.717, 1.165) is 24.2 Å². The van der Waals surface area contributed by atoms with Crippen LogP contribution in [0.15, 0.2) is 52.0 Å². The summed E-state index contributed by atoms with van der Waals surface area (Å²) in [4.78, 5) is 0.334. The van der Waals surface area contributed by atoms with Crippen molar-refractivity contribution < 1.29 is 12.8 Å². The molecule has 114 valence electrons. The number of furan rings is 1. The average Bonchev–Trinajstić information content (AvgIpc) is 2.97. The summed E-state index contributed by atoms with van der Waals surface area (Å²) >= 11 is 0. The van der Waals surface area contributed by atoms with Crippen molar-refractivity contribution in [3.05, 3.63) is 54.0 Å². The molecule has 1 atom stereocenters. The molecule has 0 aliphatic heterocycles. The second-order valence-electron chi connectivity index (χ2n) is 5.30. The molecule has 0 spiro atoms. The van der Waals surface area contributed by atoms with Gasteiger partial charge in [0.15, 0.2) is 0 Å². The standard InChI is InChI=1S/C16H21NO3S/c1-13-6-10-16(11-7-13)21(18,19)17(3)14(2)8-9-15-5-4-12-20-15/h4-7,10-12,14H,8-9H2,1-3H3/t14-/m0/s1. The van der Waals surface area contributed by atoms with Gasteiger partial charge in [-0.05, 0) is 44.5 Å². The van der Waals surface area contributed by atoms with Crippen LogP contribution in [0.25, 0.3) is 0 Å². The molecule has 4 nitrogen and oxygen atoms in total. The third-order valence-electron chi connectivity index (χ3n) is 3.71. The van der Waals surface area contributed by atoms with E-state index in [2.05, 4.69) is 0 Å². The first-order chi connectivity index (χ1) is 9.91. The number of rotatable bonds is 6. The number of hydrogen-bond donors (Lipinski definition) is 0. The molecule has 2 rings (SSSR count). The summed E-state index contributed by atoms with van der Waals surface area (Å²) in [5, 5.41) is 0. The van der Waals surface area contributed by atoms with E-state index in [9.17, 15) is 8.42 Å². The predicted octanol–water partition coefficient (Wildman–Crippen LogP) is 3.23. The van der Waals surface area contributed by atoms with E-state index < -0.39 is 10.0 Å². The van der Waals surface area contributed by atoms with Crippen LogP contribution in [0.4, 0.5) is 0 Å². The number of sulfonamides is 1. The number of nitrogens with zero attached hydrogens (tertiary/aromatic N) is 1. The van der Waals surface area contributed by atoms with Gasteiger partial charge in [0.2, 0.25) is 10.0 Å². The van der Waals surface area contributed by atoms with Crippen LogP contribution >= 0.6 is 0 Å². The summed E-state index contributed by atoms with van der Waals surface area (Å²) in [6.07, 6.45) is 3.07. The average molecular weight is 307 g/mol. The fourth-order valence-corrected chi connectivity index (χ4v) is 3.49. The minimum atomic E-state index is -3.44. The van der Waals surface area contributed by atoms with Crippen LogP contribution in [-0.4, -0.2) is 25.8 Å². The molecule has 21 heavy (non-hydrogen) atoms. The van der Waals surface area contributed by atoms with Gasteiger partial charge < -0.3 is 4.42 Å². The van der Waals surface area contributed by atoms with Crippen LogP contribution in [0.5, 0.6) is 0 Å². The van der Waals surface area contributed by atoms with Gasteiger partial charge in [-0.15, -0.1) is 0 Å². The Labute approximate surface area is 126 Å². The van der Waals surface area contributed by atoms with Gasteiger partial charge in [-0.3, -0.25) is 0 Å². The van der Waals surface area contributed by atoms with E-state index in [0.29, 0.717) is 4.90 Å². The van der Waals surface area contributed by atoms with Crippen molar-refractivity contribution in [2.24, 2.45) is 0 Å². The molecule has 0 saturated carbocycles. The molecule has 1 heterocycles. The van der Waals surface area contributed by atoms with Crippen LogP contribution < -0.4 is 0 Å². The molecule has 0 amide bonds. The highest BCUT2D eigenvalue weighted by Crippen LogP contribution is 2.19. The number of benzene rings is 1. The third-order valence-corrected chi connectivity index (χ3v) is 5.69. The van der Waals surface area contributed by atoms with Crippen molar-refractivity contribution in [2.45, 2.75) is 37.6 Å². The van der Waals surface area contributed by atoms with Crippen LogP contribution in [0.2, 0.25) is 0 Å². The smallest absolute Gasteiger partial charge is 0.243 e. The topological polar surface area (TPSA) is 50.5 Å². The largest absolute Gasteiger partial charge is 0.469 e. The molecular weight excluding hydrogens is 286 g/mol. The van der Waals surface area contributed by atoms with Gasteiger partial charge in [-0.1, -0.05) is 17.7 Å². The van der Waals surface area contributed by atoms with Gasteiger partial charge >= 0.3 is 0 Å². The molecule has 0 aliphatic carbocycles. The second kappa shape index (κ2) is 6.45. The fourth-order valence-electron chi connectivity index (χ4n) is 2.10. The molecule has 0 unspecified atom stereocenters. The Bertz CT molecular complexity index is 660.